The van der Waals surface area contributed by atoms with Crippen LogP contribution in [0.15, 0.2) is 48.5 Å². The maximum atomic E-state index is 13.1. The Morgan fingerprint density at radius 3 is 2.56 bits per heavy atom. The maximum Gasteiger partial charge on any atom is 0.340 e. The molecule has 2 N–H and O–H groups in total. The molecule has 8 nitrogen and oxygen atoms in total. The molecule has 32 heavy (non-hydrogen) atoms. The fraction of sp³-hybridized carbons (Fsp3) is 0.208. The molecule has 0 radical (unpaired) electrons. The number of carbonyl (C=O) groups excluding carboxylic acids is 3. The van der Waals surface area contributed by atoms with Gasteiger partial charge in [-0.1, -0.05) is 36.4 Å². The fourth-order valence-corrected chi connectivity index (χ4v) is 3.57. The van der Waals surface area contributed by atoms with Gasteiger partial charge >= 0.3 is 5.97 Å². The van der Waals surface area contributed by atoms with Gasteiger partial charge in [0.1, 0.15) is 5.69 Å². The van der Waals surface area contributed by atoms with E-state index in [4.69, 9.17) is 14.2 Å². The molecule has 0 unspecified atom stereocenters. The molecular formula is C24H22N2O6. The molecule has 0 atom stereocenters. The molecule has 2 heterocycles. The number of hydrogen-bond donors (Lipinski definition) is 2. The second-order valence-electron chi connectivity index (χ2n) is 7.16. The first-order valence-electron chi connectivity index (χ1n) is 10.2. The van der Waals surface area contributed by atoms with Crippen LogP contribution in [-0.4, -0.2) is 36.0 Å². The van der Waals surface area contributed by atoms with Gasteiger partial charge in [0.2, 0.25) is 6.79 Å². The minimum absolute atomic E-state index is 0.0416. The second-order valence-corrected chi connectivity index (χ2v) is 7.16. The van der Waals surface area contributed by atoms with Crippen molar-refractivity contribution in [3.8, 4) is 22.6 Å². The number of hydrogen-bond acceptors (Lipinski definition) is 6. The van der Waals surface area contributed by atoms with Gasteiger partial charge in [0.25, 0.3) is 11.7 Å². The van der Waals surface area contributed by atoms with Gasteiger partial charge in [-0.3, -0.25) is 9.59 Å². The van der Waals surface area contributed by atoms with Crippen molar-refractivity contribution in [2.45, 2.75) is 20.4 Å². The molecule has 0 spiro atoms. The van der Waals surface area contributed by atoms with Crippen molar-refractivity contribution in [2.75, 3.05) is 13.4 Å². The van der Waals surface area contributed by atoms with E-state index in [1.54, 1.807) is 56.3 Å². The van der Waals surface area contributed by atoms with Gasteiger partial charge < -0.3 is 24.5 Å². The SMILES string of the molecule is CCOC(=O)c1c(C)[nH]c(C(=O)C(=O)NCc2ccc3c(c2)OCO3)c1-c1ccccc1. The van der Waals surface area contributed by atoms with Crippen molar-refractivity contribution in [2.24, 2.45) is 0 Å². The van der Waals surface area contributed by atoms with Crippen LogP contribution >= 0.6 is 0 Å². The quantitative estimate of drug-likeness (QED) is 0.335. The third-order valence-electron chi connectivity index (χ3n) is 5.05. The van der Waals surface area contributed by atoms with E-state index < -0.39 is 17.7 Å². The van der Waals surface area contributed by atoms with E-state index in [1.807, 2.05) is 6.07 Å². The number of nitrogens with one attached hydrogen (secondary N) is 2. The highest BCUT2D eigenvalue weighted by Crippen LogP contribution is 2.33. The Balaban J connectivity index is 1.60. The molecule has 1 aliphatic heterocycles. The summed E-state index contributed by atoms with van der Waals surface area (Å²) in [6.07, 6.45) is 0. The van der Waals surface area contributed by atoms with Crippen LogP contribution in [0.2, 0.25) is 0 Å². The summed E-state index contributed by atoms with van der Waals surface area (Å²) in [7, 11) is 0. The lowest BCUT2D eigenvalue weighted by Crippen LogP contribution is -2.31. The number of esters is 1. The monoisotopic (exact) mass is 434 g/mol. The summed E-state index contributed by atoms with van der Waals surface area (Å²) in [5.74, 6) is -0.898. The summed E-state index contributed by atoms with van der Waals surface area (Å²) in [6, 6.07) is 14.2. The average Bonchev–Trinajstić information content (AvgIpc) is 3.41. The first kappa shape index (κ1) is 21.2. The maximum absolute atomic E-state index is 13.1. The van der Waals surface area contributed by atoms with Crippen LogP contribution in [0.1, 0.15) is 39.0 Å². The van der Waals surface area contributed by atoms with Crippen LogP contribution in [0.25, 0.3) is 11.1 Å². The molecular weight excluding hydrogens is 412 g/mol. The number of ether oxygens (including phenoxy) is 3. The van der Waals surface area contributed by atoms with E-state index in [9.17, 15) is 14.4 Å². The Kier molecular flexibility index (Phi) is 5.93. The highest BCUT2D eigenvalue weighted by Gasteiger charge is 2.29. The Morgan fingerprint density at radius 2 is 1.81 bits per heavy atom. The zero-order chi connectivity index (χ0) is 22.7. The molecule has 0 saturated carbocycles. The number of Topliss-reactive ketones (excluding diaryl/α,β-unsaturated/α-hetero) is 1. The number of H-pyrrole nitrogens is 1. The van der Waals surface area contributed by atoms with Gasteiger partial charge in [0.05, 0.1) is 12.2 Å². The Labute approximate surface area is 184 Å². The number of carbonyl (C=O) groups is 3. The molecule has 1 aliphatic rings. The zero-order valence-electron chi connectivity index (χ0n) is 17.7. The number of benzene rings is 2. The van der Waals surface area contributed by atoms with E-state index in [0.717, 1.165) is 5.56 Å². The molecule has 2 aromatic carbocycles. The predicted octanol–water partition coefficient (Wildman–Crippen LogP) is 3.39. The number of amides is 1. The van der Waals surface area contributed by atoms with Gasteiger partial charge in [-0.2, -0.15) is 0 Å². The average molecular weight is 434 g/mol. The van der Waals surface area contributed by atoms with Crippen LogP contribution in [0.4, 0.5) is 0 Å². The smallest absolute Gasteiger partial charge is 0.340 e. The Hall–Kier alpha value is -4.07. The summed E-state index contributed by atoms with van der Waals surface area (Å²) in [4.78, 5) is 41.3. The highest BCUT2D eigenvalue weighted by molar-refractivity contribution is 6.43. The number of ketones is 1. The predicted molar refractivity (Wildman–Crippen MR) is 116 cm³/mol. The second kappa shape index (κ2) is 8.97. The summed E-state index contributed by atoms with van der Waals surface area (Å²) >= 11 is 0. The molecule has 1 amide bonds. The first-order chi connectivity index (χ1) is 15.5. The normalized spacial score (nSPS) is 11.8. The van der Waals surface area contributed by atoms with Crippen molar-refractivity contribution in [1.82, 2.24) is 10.3 Å². The van der Waals surface area contributed by atoms with E-state index in [0.29, 0.717) is 28.3 Å². The molecule has 164 valence electrons. The molecule has 8 heteroatoms. The summed E-state index contributed by atoms with van der Waals surface area (Å²) in [5.41, 5.74) is 2.48. The van der Waals surface area contributed by atoms with E-state index in [-0.39, 0.29) is 31.2 Å². The van der Waals surface area contributed by atoms with E-state index in [2.05, 4.69) is 10.3 Å². The van der Waals surface area contributed by atoms with E-state index >= 15 is 0 Å². The summed E-state index contributed by atoms with van der Waals surface area (Å²) in [6.45, 7) is 3.85. The fourth-order valence-electron chi connectivity index (χ4n) is 3.57. The van der Waals surface area contributed by atoms with Crippen molar-refractivity contribution < 1.29 is 28.6 Å². The Bertz CT molecular complexity index is 1180. The molecule has 0 saturated heterocycles. The lowest BCUT2D eigenvalue weighted by Gasteiger charge is -2.09. The number of aryl methyl sites for hydroxylation is 1. The van der Waals surface area contributed by atoms with Gasteiger partial charge in [-0.05, 0) is 37.1 Å². The first-order valence-corrected chi connectivity index (χ1v) is 10.2. The number of aromatic amines is 1. The largest absolute Gasteiger partial charge is 0.462 e. The van der Waals surface area contributed by atoms with E-state index in [1.165, 1.54) is 0 Å². The van der Waals surface area contributed by atoms with Gasteiger partial charge in [-0.25, -0.2) is 4.79 Å². The molecule has 0 fully saturated rings. The van der Waals surface area contributed by atoms with Crippen molar-refractivity contribution in [3.05, 3.63) is 71.0 Å². The van der Waals surface area contributed by atoms with Gasteiger partial charge in [-0.15, -0.1) is 0 Å². The van der Waals surface area contributed by atoms with Gasteiger partial charge in [0, 0.05) is 17.8 Å². The highest BCUT2D eigenvalue weighted by atomic mass is 16.7. The van der Waals surface area contributed by atoms with Crippen molar-refractivity contribution >= 4 is 17.7 Å². The van der Waals surface area contributed by atoms with Crippen molar-refractivity contribution in [1.29, 1.82) is 0 Å². The lowest BCUT2D eigenvalue weighted by atomic mass is 9.98. The zero-order valence-corrected chi connectivity index (χ0v) is 17.7. The third kappa shape index (κ3) is 4.07. The molecule has 0 aliphatic carbocycles. The van der Waals surface area contributed by atoms with Crippen LogP contribution in [-0.2, 0) is 16.1 Å². The topological polar surface area (TPSA) is 107 Å². The Morgan fingerprint density at radius 1 is 1.06 bits per heavy atom. The van der Waals surface area contributed by atoms with Crippen molar-refractivity contribution in [3.63, 3.8) is 0 Å². The lowest BCUT2D eigenvalue weighted by molar-refractivity contribution is -0.117. The molecule has 0 bridgehead atoms. The molecule has 4 rings (SSSR count). The summed E-state index contributed by atoms with van der Waals surface area (Å²) in [5, 5.41) is 2.63. The minimum Gasteiger partial charge on any atom is -0.462 e. The number of aromatic nitrogens is 1. The van der Waals surface area contributed by atoms with Crippen LogP contribution in [0.5, 0.6) is 11.5 Å². The van der Waals surface area contributed by atoms with Gasteiger partial charge in [0.15, 0.2) is 11.5 Å². The number of fused-ring (bicyclic) bond motifs is 1. The third-order valence-corrected chi connectivity index (χ3v) is 5.05. The minimum atomic E-state index is -0.795. The molecule has 3 aromatic rings. The molecule has 1 aromatic heterocycles. The van der Waals surface area contributed by atoms with Crippen LogP contribution in [0.3, 0.4) is 0 Å². The summed E-state index contributed by atoms with van der Waals surface area (Å²) < 4.78 is 15.8. The van der Waals surface area contributed by atoms with Crippen LogP contribution in [0, 0.1) is 6.92 Å². The standard InChI is InChI=1S/C24H22N2O6/c1-3-30-24(29)19-14(2)26-21(20(19)16-7-5-4-6-8-16)22(27)23(28)25-12-15-9-10-17-18(11-15)32-13-31-17/h4-11,26H,3,12-13H2,1-2H3,(H,25,28). The van der Waals surface area contributed by atoms with Crippen LogP contribution < -0.4 is 14.8 Å². The number of rotatable bonds is 7.